The minimum absolute atomic E-state index is 0.224. The number of pyridine rings is 1. The summed E-state index contributed by atoms with van der Waals surface area (Å²) in [7, 11) is 0. The summed E-state index contributed by atoms with van der Waals surface area (Å²) in [6, 6.07) is 11.2. The molecular formula is C20H15F2N3OS. The van der Waals surface area contributed by atoms with Gasteiger partial charge in [-0.2, -0.15) is 0 Å². The first-order valence-electron chi connectivity index (χ1n) is 8.29. The van der Waals surface area contributed by atoms with Crippen molar-refractivity contribution in [2.45, 2.75) is 13.1 Å². The van der Waals surface area contributed by atoms with E-state index in [4.69, 9.17) is 0 Å². The van der Waals surface area contributed by atoms with Crippen molar-refractivity contribution in [3.05, 3.63) is 88.7 Å². The van der Waals surface area contributed by atoms with Crippen molar-refractivity contribution in [3.8, 4) is 0 Å². The molecule has 3 heterocycles. The molecule has 0 aliphatic heterocycles. The van der Waals surface area contributed by atoms with E-state index in [-0.39, 0.29) is 12.5 Å². The molecule has 27 heavy (non-hydrogen) atoms. The van der Waals surface area contributed by atoms with Gasteiger partial charge in [-0.15, -0.1) is 11.3 Å². The Morgan fingerprint density at radius 1 is 1.04 bits per heavy atom. The SMILES string of the molecule is O=C(NCc1ccncc1)c1cc2sccc2n1Cc1ccc(F)c(F)c1. The Morgan fingerprint density at radius 3 is 2.63 bits per heavy atom. The quantitative estimate of drug-likeness (QED) is 0.557. The molecule has 0 fully saturated rings. The fourth-order valence-corrected chi connectivity index (χ4v) is 3.75. The fourth-order valence-electron chi connectivity index (χ4n) is 2.93. The molecule has 0 bridgehead atoms. The van der Waals surface area contributed by atoms with Gasteiger partial charge in [0.05, 0.1) is 10.2 Å². The van der Waals surface area contributed by atoms with Gasteiger partial charge in [-0.1, -0.05) is 6.07 Å². The Labute approximate surface area is 158 Å². The van der Waals surface area contributed by atoms with Crippen molar-refractivity contribution >= 4 is 27.5 Å². The Morgan fingerprint density at radius 2 is 1.85 bits per heavy atom. The van der Waals surface area contributed by atoms with E-state index in [9.17, 15) is 13.6 Å². The van der Waals surface area contributed by atoms with Crippen molar-refractivity contribution in [2.24, 2.45) is 0 Å². The number of nitrogens with zero attached hydrogens (tertiary/aromatic N) is 2. The first kappa shape index (κ1) is 17.4. The van der Waals surface area contributed by atoms with E-state index in [1.165, 1.54) is 17.4 Å². The lowest BCUT2D eigenvalue weighted by molar-refractivity contribution is 0.0942. The number of fused-ring (bicyclic) bond motifs is 1. The predicted octanol–water partition coefficient (Wildman–Crippen LogP) is 4.35. The molecule has 4 nitrogen and oxygen atoms in total. The number of halogens is 2. The number of carbonyl (C=O) groups excluding carboxylic acids is 1. The highest BCUT2D eigenvalue weighted by molar-refractivity contribution is 7.17. The molecule has 0 aliphatic rings. The standard InChI is InChI=1S/C20H15F2N3OS/c21-15-2-1-14(9-16(15)22)12-25-17-5-8-27-19(17)10-18(25)20(26)24-11-13-3-6-23-7-4-13/h1-10H,11-12H2,(H,24,26). The van der Waals surface area contributed by atoms with Crippen molar-refractivity contribution in [1.29, 1.82) is 0 Å². The van der Waals surface area contributed by atoms with Crippen LogP contribution in [-0.4, -0.2) is 15.5 Å². The van der Waals surface area contributed by atoms with Crippen LogP contribution in [0.2, 0.25) is 0 Å². The van der Waals surface area contributed by atoms with Crippen LogP contribution >= 0.6 is 11.3 Å². The Kier molecular flexibility index (Phi) is 4.68. The second-order valence-corrected chi connectivity index (χ2v) is 7.02. The summed E-state index contributed by atoms with van der Waals surface area (Å²) >= 11 is 1.53. The monoisotopic (exact) mass is 383 g/mol. The molecule has 1 aromatic carbocycles. The topological polar surface area (TPSA) is 46.9 Å². The van der Waals surface area contributed by atoms with Crippen LogP contribution in [0.25, 0.3) is 10.2 Å². The summed E-state index contributed by atoms with van der Waals surface area (Å²) in [5.41, 5.74) is 2.90. The van der Waals surface area contributed by atoms with Gasteiger partial charge in [0.25, 0.3) is 5.91 Å². The van der Waals surface area contributed by atoms with Crippen LogP contribution in [-0.2, 0) is 13.1 Å². The normalized spacial score (nSPS) is 11.0. The molecular weight excluding hydrogens is 368 g/mol. The lowest BCUT2D eigenvalue weighted by Crippen LogP contribution is -2.25. The smallest absolute Gasteiger partial charge is 0.268 e. The minimum atomic E-state index is -0.898. The molecule has 4 aromatic rings. The maximum Gasteiger partial charge on any atom is 0.268 e. The first-order valence-corrected chi connectivity index (χ1v) is 9.17. The Balaban J connectivity index is 1.62. The molecule has 0 saturated heterocycles. The molecule has 7 heteroatoms. The lowest BCUT2D eigenvalue weighted by Gasteiger charge is -2.11. The zero-order chi connectivity index (χ0) is 18.8. The van der Waals surface area contributed by atoms with E-state index < -0.39 is 11.6 Å². The van der Waals surface area contributed by atoms with Crippen molar-refractivity contribution in [1.82, 2.24) is 14.9 Å². The fraction of sp³-hybridized carbons (Fsp3) is 0.100. The van der Waals surface area contributed by atoms with E-state index in [0.29, 0.717) is 17.8 Å². The number of benzene rings is 1. The molecule has 0 unspecified atom stereocenters. The summed E-state index contributed by atoms with van der Waals surface area (Å²) in [5, 5.41) is 4.83. The molecule has 3 aromatic heterocycles. The van der Waals surface area contributed by atoms with Gasteiger partial charge in [0.15, 0.2) is 11.6 Å². The summed E-state index contributed by atoms with van der Waals surface area (Å²) in [4.78, 5) is 16.7. The van der Waals surface area contributed by atoms with Gasteiger partial charge in [-0.25, -0.2) is 8.78 Å². The van der Waals surface area contributed by atoms with E-state index >= 15 is 0 Å². The average Bonchev–Trinajstić information content (AvgIpc) is 3.26. The van der Waals surface area contributed by atoms with Gasteiger partial charge in [0, 0.05) is 25.5 Å². The average molecular weight is 383 g/mol. The van der Waals surface area contributed by atoms with Crippen LogP contribution in [0.5, 0.6) is 0 Å². The maximum absolute atomic E-state index is 13.6. The number of nitrogens with one attached hydrogen (secondary N) is 1. The lowest BCUT2D eigenvalue weighted by atomic mass is 10.2. The van der Waals surface area contributed by atoms with E-state index in [0.717, 1.165) is 27.9 Å². The van der Waals surface area contributed by atoms with E-state index in [2.05, 4.69) is 10.3 Å². The van der Waals surface area contributed by atoms with Crippen LogP contribution < -0.4 is 5.32 Å². The number of thiophene rings is 1. The third-order valence-corrected chi connectivity index (χ3v) is 5.14. The highest BCUT2D eigenvalue weighted by Crippen LogP contribution is 2.26. The highest BCUT2D eigenvalue weighted by Gasteiger charge is 2.17. The molecule has 1 amide bonds. The van der Waals surface area contributed by atoms with Crippen molar-refractivity contribution in [3.63, 3.8) is 0 Å². The molecule has 0 saturated carbocycles. The second-order valence-electron chi connectivity index (χ2n) is 6.07. The minimum Gasteiger partial charge on any atom is -0.347 e. The van der Waals surface area contributed by atoms with E-state index in [1.807, 2.05) is 34.2 Å². The molecule has 136 valence electrons. The molecule has 0 atom stereocenters. The first-order chi connectivity index (χ1) is 13.1. The third-order valence-electron chi connectivity index (χ3n) is 4.28. The highest BCUT2D eigenvalue weighted by atomic mass is 32.1. The molecule has 4 rings (SSSR count). The molecule has 0 spiro atoms. The Bertz CT molecular complexity index is 1110. The zero-order valence-corrected chi connectivity index (χ0v) is 15.0. The summed E-state index contributed by atoms with van der Waals surface area (Å²) < 4.78 is 29.5. The van der Waals surface area contributed by atoms with Gasteiger partial charge in [-0.05, 0) is 52.9 Å². The molecule has 1 N–H and O–H groups in total. The van der Waals surface area contributed by atoms with Crippen LogP contribution in [0.4, 0.5) is 8.78 Å². The van der Waals surface area contributed by atoms with Crippen LogP contribution in [0.3, 0.4) is 0 Å². The number of hydrogen-bond donors (Lipinski definition) is 1. The Hall–Kier alpha value is -3.06. The number of amides is 1. The van der Waals surface area contributed by atoms with Gasteiger partial charge in [0.1, 0.15) is 5.69 Å². The van der Waals surface area contributed by atoms with Gasteiger partial charge in [-0.3, -0.25) is 9.78 Å². The number of hydrogen-bond acceptors (Lipinski definition) is 3. The summed E-state index contributed by atoms with van der Waals surface area (Å²) in [5.74, 6) is -2.01. The van der Waals surface area contributed by atoms with Crippen LogP contribution in [0.1, 0.15) is 21.6 Å². The largest absolute Gasteiger partial charge is 0.347 e. The second kappa shape index (κ2) is 7.28. The predicted molar refractivity (Wildman–Crippen MR) is 101 cm³/mol. The molecule has 0 radical (unpaired) electrons. The summed E-state index contributed by atoms with van der Waals surface area (Å²) in [6.07, 6.45) is 3.34. The zero-order valence-electron chi connectivity index (χ0n) is 14.2. The van der Waals surface area contributed by atoms with Gasteiger partial charge >= 0.3 is 0 Å². The van der Waals surface area contributed by atoms with E-state index in [1.54, 1.807) is 12.4 Å². The van der Waals surface area contributed by atoms with Gasteiger partial charge < -0.3 is 9.88 Å². The van der Waals surface area contributed by atoms with Crippen LogP contribution in [0.15, 0.2) is 60.2 Å². The number of aromatic nitrogens is 2. The number of rotatable bonds is 5. The van der Waals surface area contributed by atoms with Gasteiger partial charge in [0.2, 0.25) is 0 Å². The van der Waals surface area contributed by atoms with Crippen molar-refractivity contribution in [2.75, 3.05) is 0 Å². The number of carbonyl (C=O) groups is 1. The molecule has 0 aliphatic carbocycles. The third kappa shape index (κ3) is 3.59. The summed E-state index contributed by atoms with van der Waals surface area (Å²) in [6.45, 7) is 0.654. The van der Waals surface area contributed by atoms with Crippen molar-refractivity contribution < 1.29 is 13.6 Å². The maximum atomic E-state index is 13.6. The van der Waals surface area contributed by atoms with Crippen LogP contribution in [0, 0.1) is 11.6 Å².